The molecule has 1 atom stereocenters. The number of hydrogen-bond acceptors (Lipinski definition) is 3. The number of carboxylic acids is 1. The van der Waals surface area contributed by atoms with E-state index in [-0.39, 0.29) is 17.3 Å². The van der Waals surface area contributed by atoms with Crippen LogP contribution in [0.25, 0.3) is 0 Å². The van der Waals surface area contributed by atoms with E-state index in [2.05, 4.69) is 38.3 Å². The van der Waals surface area contributed by atoms with Gasteiger partial charge < -0.3 is 20.5 Å². The zero-order valence-corrected chi connectivity index (χ0v) is 12.9. The molecular weight excluding hydrogens is 260 g/mol. The summed E-state index contributed by atoms with van der Waals surface area (Å²) in [5.74, 6) is -0.646. The van der Waals surface area contributed by atoms with E-state index < -0.39 is 18.0 Å². The second-order valence-corrected chi connectivity index (χ2v) is 6.52. The summed E-state index contributed by atoms with van der Waals surface area (Å²) in [6.07, 6.45) is 0.250. The van der Waals surface area contributed by atoms with E-state index in [0.29, 0.717) is 19.1 Å². The lowest BCUT2D eigenvalue weighted by Gasteiger charge is -2.15. The molecule has 3 N–H and O–H groups in total. The van der Waals surface area contributed by atoms with Crippen LogP contribution >= 0.6 is 0 Å². The molecule has 0 aromatic carbocycles. The maximum absolute atomic E-state index is 11.7. The third-order valence-electron chi connectivity index (χ3n) is 5.00. The number of methoxy groups -OCH3 is 1. The van der Waals surface area contributed by atoms with Gasteiger partial charge in [0.25, 0.3) is 0 Å². The summed E-state index contributed by atoms with van der Waals surface area (Å²) in [6, 6.07) is -1.36. The van der Waals surface area contributed by atoms with Crippen molar-refractivity contribution in [2.24, 2.45) is 16.7 Å². The van der Waals surface area contributed by atoms with Crippen molar-refractivity contribution in [1.82, 2.24) is 10.6 Å². The molecule has 0 aliphatic heterocycles. The van der Waals surface area contributed by atoms with Crippen LogP contribution in [0, 0.1) is 16.7 Å². The third kappa shape index (κ3) is 3.42. The Morgan fingerprint density at radius 3 is 2.20 bits per heavy atom. The Balaban J connectivity index is 2.38. The second kappa shape index (κ2) is 5.99. The minimum absolute atomic E-state index is 0.197. The minimum atomic E-state index is -1.05. The van der Waals surface area contributed by atoms with Gasteiger partial charge in [0.1, 0.15) is 6.04 Å². The largest absolute Gasteiger partial charge is 0.480 e. The molecule has 2 amide bonds. The Kier molecular flexibility index (Phi) is 5.02. The first-order chi connectivity index (χ1) is 9.14. The molecule has 0 radical (unpaired) electrons. The van der Waals surface area contributed by atoms with E-state index in [9.17, 15) is 9.59 Å². The first-order valence-electron chi connectivity index (χ1n) is 6.90. The average Bonchev–Trinajstić information content (AvgIpc) is 2.72. The molecule has 6 nitrogen and oxygen atoms in total. The highest BCUT2D eigenvalue weighted by Gasteiger charge is 2.64. The molecule has 0 saturated heterocycles. The fourth-order valence-electron chi connectivity index (χ4n) is 2.74. The Morgan fingerprint density at radius 2 is 1.80 bits per heavy atom. The van der Waals surface area contributed by atoms with Gasteiger partial charge in [0.15, 0.2) is 0 Å². The Labute approximate surface area is 120 Å². The van der Waals surface area contributed by atoms with Gasteiger partial charge in [-0.25, -0.2) is 9.59 Å². The molecule has 20 heavy (non-hydrogen) atoms. The number of nitrogens with one attached hydrogen (secondary N) is 2. The van der Waals surface area contributed by atoms with Crippen molar-refractivity contribution in [3.8, 4) is 0 Å². The van der Waals surface area contributed by atoms with Crippen molar-refractivity contribution < 1.29 is 19.4 Å². The van der Waals surface area contributed by atoms with E-state index >= 15 is 0 Å². The Morgan fingerprint density at radius 1 is 1.25 bits per heavy atom. The summed E-state index contributed by atoms with van der Waals surface area (Å²) >= 11 is 0. The smallest absolute Gasteiger partial charge is 0.326 e. The number of carbonyl (C=O) groups is 2. The number of urea groups is 1. The van der Waals surface area contributed by atoms with Crippen molar-refractivity contribution in [3.05, 3.63) is 0 Å². The van der Waals surface area contributed by atoms with E-state index in [0.717, 1.165) is 0 Å². The minimum Gasteiger partial charge on any atom is -0.480 e. The molecule has 1 aliphatic rings. The van der Waals surface area contributed by atoms with Crippen LogP contribution in [0.1, 0.15) is 34.1 Å². The van der Waals surface area contributed by atoms with E-state index in [1.54, 1.807) is 0 Å². The van der Waals surface area contributed by atoms with Gasteiger partial charge >= 0.3 is 12.0 Å². The fourth-order valence-corrected chi connectivity index (χ4v) is 2.74. The molecule has 0 aromatic rings. The van der Waals surface area contributed by atoms with Gasteiger partial charge in [-0.05, 0) is 16.7 Å². The van der Waals surface area contributed by atoms with Crippen LogP contribution in [0.5, 0.6) is 0 Å². The number of rotatable bonds is 7. The summed E-state index contributed by atoms with van der Waals surface area (Å²) < 4.78 is 4.83. The number of carboxylic acid groups (broad SMARTS) is 1. The number of aliphatic carboxylic acids is 1. The maximum atomic E-state index is 11.7. The van der Waals surface area contributed by atoms with Crippen LogP contribution in [0.2, 0.25) is 0 Å². The number of amides is 2. The molecule has 1 unspecified atom stereocenters. The Bertz CT molecular complexity index is 365. The van der Waals surface area contributed by atoms with E-state index in [1.165, 1.54) is 7.11 Å². The molecule has 116 valence electrons. The summed E-state index contributed by atoms with van der Waals surface area (Å²) in [7, 11) is 1.50. The van der Waals surface area contributed by atoms with Gasteiger partial charge in [-0.1, -0.05) is 27.7 Å². The highest BCUT2D eigenvalue weighted by atomic mass is 16.5. The van der Waals surface area contributed by atoms with Crippen LogP contribution in [0.3, 0.4) is 0 Å². The number of hydrogen-bond donors (Lipinski definition) is 3. The summed E-state index contributed by atoms with van der Waals surface area (Å²) in [5, 5.41) is 14.2. The van der Waals surface area contributed by atoms with Gasteiger partial charge in [0.05, 0.1) is 0 Å². The summed E-state index contributed by atoms with van der Waals surface area (Å²) in [6.45, 7) is 9.56. The Hall–Kier alpha value is -1.30. The molecular formula is C14H26N2O4. The van der Waals surface area contributed by atoms with E-state index in [1.807, 2.05) is 0 Å². The topological polar surface area (TPSA) is 87.7 Å². The third-order valence-corrected chi connectivity index (χ3v) is 5.00. The molecule has 0 aromatic heterocycles. The molecule has 1 aliphatic carbocycles. The van der Waals surface area contributed by atoms with Gasteiger partial charge in [0.2, 0.25) is 0 Å². The summed E-state index contributed by atoms with van der Waals surface area (Å²) in [4.78, 5) is 22.7. The standard InChI is InChI=1S/C14H26N2O4/c1-13(2)10(14(13,3)4)8-15-12(19)16-9(11(17)18)6-7-20-5/h9-10H,6-8H2,1-5H3,(H,17,18)(H2,15,16,19). The SMILES string of the molecule is COCCC(NC(=O)NCC1C(C)(C)C1(C)C)C(=O)O. The first-order valence-corrected chi connectivity index (χ1v) is 6.90. The van der Waals surface area contributed by atoms with Crippen molar-refractivity contribution in [3.63, 3.8) is 0 Å². The quantitative estimate of drug-likeness (QED) is 0.661. The predicted molar refractivity (Wildman–Crippen MR) is 75.5 cm³/mol. The zero-order chi connectivity index (χ0) is 15.6. The average molecular weight is 286 g/mol. The van der Waals surface area contributed by atoms with Crippen LogP contribution < -0.4 is 10.6 Å². The maximum Gasteiger partial charge on any atom is 0.326 e. The first kappa shape index (κ1) is 16.8. The van der Waals surface area contributed by atoms with Gasteiger partial charge in [0, 0.05) is 26.7 Å². The van der Waals surface area contributed by atoms with Gasteiger partial charge in [-0.15, -0.1) is 0 Å². The fraction of sp³-hybridized carbons (Fsp3) is 0.857. The highest BCUT2D eigenvalue weighted by molar-refractivity contribution is 5.82. The van der Waals surface area contributed by atoms with Crippen molar-refractivity contribution in [2.75, 3.05) is 20.3 Å². The van der Waals surface area contributed by atoms with E-state index in [4.69, 9.17) is 9.84 Å². The second-order valence-electron chi connectivity index (χ2n) is 6.52. The number of ether oxygens (including phenoxy) is 1. The molecule has 1 saturated carbocycles. The zero-order valence-electron chi connectivity index (χ0n) is 12.9. The monoisotopic (exact) mass is 286 g/mol. The molecule has 0 spiro atoms. The lowest BCUT2D eigenvalue weighted by molar-refractivity contribution is -0.139. The summed E-state index contributed by atoms with van der Waals surface area (Å²) in [5.41, 5.74) is 0.394. The molecule has 1 fully saturated rings. The van der Waals surface area contributed by atoms with Gasteiger partial charge in [-0.2, -0.15) is 0 Å². The normalized spacial score (nSPS) is 21.1. The van der Waals surface area contributed by atoms with Crippen LogP contribution in [-0.4, -0.2) is 43.4 Å². The van der Waals surface area contributed by atoms with Crippen LogP contribution in [0.4, 0.5) is 4.79 Å². The van der Waals surface area contributed by atoms with Crippen LogP contribution in [-0.2, 0) is 9.53 Å². The lowest BCUT2D eigenvalue weighted by atomic mass is 10.0. The number of carbonyl (C=O) groups excluding carboxylic acids is 1. The molecule has 0 bridgehead atoms. The van der Waals surface area contributed by atoms with Crippen molar-refractivity contribution in [2.45, 2.75) is 40.2 Å². The molecule has 6 heteroatoms. The lowest BCUT2D eigenvalue weighted by Crippen LogP contribution is -2.47. The van der Waals surface area contributed by atoms with Crippen LogP contribution in [0.15, 0.2) is 0 Å². The van der Waals surface area contributed by atoms with Gasteiger partial charge in [-0.3, -0.25) is 0 Å². The predicted octanol–water partition coefficient (Wildman–Crippen LogP) is 1.46. The highest BCUT2D eigenvalue weighted by Crippen LogP contribution is 2.67. The van der Waals surface area contributed by atoms with Crippen molar-refractivity contribution >= 4 is 12.0 Å². The molecule has 0 heterocycles. The van der Waals surface area contributed by atoms with Crippen molar-refractivity contribution in [1.29, 1.82) is 0 Å². The molecule has 1 rings (SSSR count).